The zero-order valence-electron chi connectivity index (χ0n) is 16.2. The first kappa shape index (κ1) is 21.8. The standard InChI is InChI=1S/C19H28N4O5/c1-27-12-8-21-17(24)15-5-2-3-6-16(15)22-19(26)18(25)20-7-4-9-23-10-13-28-14-11-23/h2-3,5-6H,4,7-14H2,1H3,(H,20,25)(H,21,24)(H,22,26). The molecule has 0 aliphatic carbocycles. The lowest BCUT2D eigenvalue weighted by molar-refractivity contribution is -0.136. The second-order valence-electron chi connectivity index (χ2n) is 6.31. The topological polar surface area (TPSA) is 109 Å². The van der Waals surface area contributed by atoms with Crippen LogP contribution in [0.4, 0.5) is 5.69 Å². The molecule has 3 amide bonds. The van der Waals surface area contributed by atoms with Crippen LogP contribution in [-0.4, -0.2) is 82.3 Å². The number of amides is 3. The number of carbonyl (C=O) groups is 3. The minimum Gasteiger partial charge on any atom is -0.383 e. The number of benzene rings is 1. The van der Waals surface area contributed by atoms with Gasteiger partial charge in [-0.25, -0.2) is 0 Å². The van der Waals surface area contributed by atoms with Crippen LogP contribution in [0.2, 0.25) is 0 Å². The highest BCUT2D eigenvalue weighted by Crippen LogP contribution is 2.14. The van der Waals surface area contributed by atoms with Crippen LogP contribution in [0.25, 0.3) is 0 Å². The summed E-state index contributed by atoms with van der Waals surface area (Å²) < 4.78 is 10.2. The number of hydrogen-bond acceptors (Lipinski definition) is 6. The number of anilines is 1. The summed E-state index contributed by atoms with van der Waals surface area (Å²) in [6.45, 7) is 5.21. The minimum atomic E-state index is -0.802. The molecule has 1 aromatic rings. The molecular formula is C19H28N4O5. The summed E-state index contributed by atoms with van der Waals surface area (Å²) in [5.41, 5.74) is 0.568. The molecule has 1 aliphatic heterocycles. The van der Waals surface area contributed by atoms with Crippen molar-refractivity contribution in [1.29, 1.82) is 0 Å². The molecule has 1 heterocycles. The number of carbonyl (C=O) groups excluding carboxylic acids is 3. The van der Waals surface area contributed by atoms with E-state index in [1.807, 2.05) is 0 Å². The third-order valence-electron chi connectivity index (χ3n) is 4.26. The zero-order valence-corrected chi connectivity index (χ0v) is 16.2. The molecule has 2 rings (SSSR count). The van der Waals surface area contributed by atoms with E-state index in [4.69, 9.17) is 9.47 Å². The Balaban J connectivity index is 1.78. The van der Waals surface area contributed by atoms with Crippen LogP contribution >= 0.6 is 0 Å². The lowest BCUT2D eigenvalue weighted by Gasteiger charge is -2.26. The molecule has 0 aromatic heterocycles. The maximum Gasteiger partial charge on any atom is 0.313 e. The van der Waals surface area contributed by atoms with E-state index in [0.717, 1.165) is 39.3 Å². The number of morpholine rings is 1. The van der Waals surface area contributed by atoms with Gasteiger partial charge in [0, 0.05) is 33.3 Å². The lowest BCUT2D eigenvalue weighted by atomic mass is 10.1. The summed E-state index contributed by atoms with van der Waals surface area (Å²) in [5, 5.41) is 7.80. The van der Waals surface area contributed by atoms with E-state index >= 15 is 0 Å². The summed E-state index contributed by atoms with van der Waals surface area (Å²) in [6, 6.07) is 6.53. The van der Waals surface area contributed by atoms with E-state index in [9.17, 15) is 14.4 Å². The smallest absolute Gasteiger partial charge is 0.313 e. The molecule has 0 saturated carbocycles. The summed E-state index contributed by atoms with van der Waals surface area (Å²) in [4.78, 5) is 38.6. The number of nitrogens with zero attached hydrogens (tertiary/aromatic N) is 1. The number of ether oxygens (including phenoxy) is 2. The van der Waals surface area contributed by atoms with Crippen molar-refractivity contribution in [2.24, 2.45) is 0 Å². The van der Waals surface area contributed by atoms with Crippen LogP contribution in [-0.2, 0) is 19.1 Å². The van der Waals surface area contributed by atoms with E-state index < -0.39 is 11.8 Å². The number of para-hydroxylation sites is 1. The molecule has 9 heteroatoms. The van der Waals surface area contributed by atoms with E-state index in [0.29, 0.717) is 19.7 Å². The molecule has 3 N–H and O–H groups in total. The van der Waals surface area contributed by atoms with Crippen molar-refractivity contribution in [2.75, 3.05) is 65.0 Å². The van der Waals surface area contributed by atoms with Crippen molar-refractivity contribution in [3.63, 3.8) is 0 Å². The van der Waals surface area contributed by atoms with Gasteiger partial charge in [0.15, 0.2) is 0 Å². The molecule has 1 fully saturated rings. The third kappa shape index (κ3) is 7.26. The molecule has 9 nitrogen and oxygen atoms in total. The Hall–Kier alpha value is -2.49. The molecule has 28 heavy (non-hydrogen) atoms. The number of nitrogens with one attached hydrogen (secondary N) is 3. The molecule has 0 atom stereocenters. The largest absolute Gasteiger partial charge is 0.383 e. The Labute approximate surface area is 164 Å². The quantitative estimate of drug-likeness (QED) is 0.398. The van der Waals surface area contributed by atoms with Gasteiger partial charge in [-0.3, -0.25) is 19.3 Å². The normalized spacial score (nSPS) is 14.3. The van der Waals surface area contributed by atoms with Crippen LogP contribution in [0.1, 0.15) is 16.8 Å². The first-order valence-electron chi connectivity index (χ1n) is 9.37. The van der Waals surface area contributed by atoms with Gasteiger partial charge in [0.25, 0.3) is 5.91 Å². The highest BCUT2D eigenvalue weighted by Gasteiger charge is 2.17. The van der Waals surface area contributed by atoms with Gasteiger partial charge in [-0.15, -0.1) is 0 Å². The van der Waals surface area contributed by atoms with Crippen molar-refractivity contribution in [3.05, 3.63) is 29.8 Å². The maximum absolute atomic E-state index is 12.2. The van der Waals surface area contributed by atoms with Gasteiger partial charge in [-0.2, -0.15) is 0 Å². The summed E-state index contributed by atoms with van der Waals surface area (Å²) in [5.74, 6) is -1.88. The van der Waals surface area contributed by atoms with Crippen molar-refractivity contribution in [2.45, 2.75) is 6.42 Å². The SMILES string of the molecule is COCCNC(=O)c1ccccc1NC(=O)C(=O)NCCCN1CCOCC1. The molecule has 1 aromatic carbocycles. The maximum atomic E-state index is 12.2. The number of hydrogen-bond donors (Lipinski definition) is 3. The third-order valence-corrected chi connectivity index (χ3v) is 4.26. The highest BCUT2D eigenvalue weighted by atomic mass is 16.5. The van der Waals surface area contributed by atoms with Crippen LogP contribution in [0.5, 0.6) is 0 Å². The van der Waals surface area contributed by atoms with Gasteiger partial charge in [-0.1, -0.05) is 12.1 Å². The zero-order chi connectivity index (χ0) is 20.2. The Morgan fingerprint density at radius 2 is 1.82 bits per heavy atom. The van der Waals surface area contributed by atoms with Crippen LogP contribution in [0.3, 0.4) is 0 Å². The molecule has 0 radical (unpaired) electrons. The molecule has 1 saturated heterocycles. The van der Waals surface area contributed by atoms with Crippen molar-refractivity contribution in [3.8, 4) is 0 Å². The Kier molecular flexibility index (Phi) is 9.40. The van der Waals surface area contributed by atoms with Crippen LogP contribution in [0, 0.1) is 0 Å². The molecule has 154 valence electrons. The van der Waals surface area contributed by atoms with Gasteiger partial charge >= 0.3 is 11.8 Å². The highest BCUT2D eigenvalue weighted by molar-refractivity contribution is 6.40. The average Bonchev–Trinajstić information content (AvgIpc) is 2.72. The predicted molar refractivity (Wildman–Crippen MR) is 104 cm³/mol. The first-order chi connectivity index (χ1) is 13.6. The van der Waals surface area contributed by atoms with Gasteiger partial charge < -0.3 is 25.4 Å². The van der Waals surface area contributed by atoms with Crippen LogP contribution < -0.4 is 16.0 Å². The first-order valence-corrected chi connectivity index (χ1v) is 9.37. The number of methoxy groups -OCH3 is 1. The van der Waals surface area contributed by atoms with Gasteiger partial charge in [0.2, 0.25) is 0 Å². The van der Waals surface area contributed by atoms with Crippen molar-refractivity contribution < 1.29 is 23.9 Å². The molecule has 0 bridgehead atoms. The van der Waals surface area contributed by atoms with Crippen molar-refractivity contribution >= 4 is 23.4 Å². The summed E-state index contributed by atoms with van der Waals surface area (Å²) >= 11 is 0. The minimum absolute atomic E-state index is 0.283. The van der Waals surface area contributed by atoms with E-state index in [1.54, 1.807) is 31.4 Å². The fraction of sp³-hybridized carbons (Fsp3) is 0.526. The van der Waals surface area contributed by atoms with Gasteiger partial charge in [0.05, 0.1) is 31.1 Å². The van der Waals surface area contributed by atoms with Crippen LogP contribution in [0.15, 0.2) is 24.3 Å². The second-order valence-corrected chi connectivity index (χ2v) is 6.31. The predicted octanol–water partition coefficient (Wildman–Crippen LogP) is -0.160. The Bertz CT molecular complexity index is 661. The Morgan fingerprint density at radius 3 is 2.57 bits per heavy atom. The fourth-order valence-electron chi connectivity index (χ4n) is 2.74. The van der Waals surface area contributed by atoms with Crippen molar-refractivity contribution in [1.82, 2.24) is 15.5 Å². The summed E-state index contributed by atoms with van der Waals surface area (Å²) in [6.07, 6.45) is 0.748. The molecular weight excluding hydrogens is 364 g/mol. The average molecular weight is 392 g/mol. The second kappa shape index (κ2) is 12.1. The van der Waals surface area contributed by atoms with Gasteiger partial charge in [-0.05, 0) is 25.1 Å². The summed E-state index contributed by atoms with van der Waals surface area (Å²) in [7, 11) is 1.54. The number of rotatable bonds is 9. The fourth-order valence-corrected chi connectivity index (χ4v) is 2.74. The van der Waals surface area contributed by atoms with Gasteiger partial charge in [0.1, 0.15) is 0 Å². The molecule has 1 aliphatic rings. The molecule has 0 unspecified atom stereocenters. The lowest BCUT2D eigenvalue weighted by Crippen LogP contribution is -2.40. The molecule has 0 spiro atoms. The monoisotopic (exact) mass is 392 g/mol. The Morgan fingerprint density at radius 1 is 1.07 bits per heavy atom. The van der Waals surface area contributed by atoms with E-state index in [2.05, 4.69) is 20.9 Å². The van der Waals surface area contributed by atoms with E-state index in [-0.39, 0.29) is 17.2 Å². The van der Waals surface area contributed by atoms with E-state index in [1.165, 1.54) is 0 Å².